The van der Waals surface area contributed by atoms with Crippen LogP contribution in [0.5, 0.6) is 5.75 Å². The van der Waals surface area contributed by atoms with Gasteiger partial charge in [0, 0.05) is 29.1 Å². The molecule has 0 radical (unpaired) electrons. The molecule has 0 fully saturated rings. The average Bonchev–Trinajstić information content (AvgIpc) is 3.47. The van der Waals surface area contributed by atoms with Gasteiger partial charge < -0.3 is 40.5 Å². The van der Waals surface area contributed by atoms with Gasteiger partial charge in [-0.1, -0.05) is 85.9 Å². The molecule has 1 heterocycles. The molecule has 0 aliphatic heterocycles. The van der Waals surface area contributed by atoms with Gasteiger partial charge in [-0.3, -0.25) is 14.5 Å². The molecule has 1 aliphatic rings. The number of hydrogen-bond donors (Lipinski definition) is 6. The first kappa shape index (κ1) is 39.5. The minimum absolute atomic E-state index is 0.0166. The van der Waals surface area contributed by atoms with E-state index in [2.05, 4.69) is 20.9 Å². The lowest BCUT2D eigenvalue weighted by atomic mass is 9.78. The first-order valence-corrected chi connectivity index (χ1v) is 19.1. The lowest BCUT2D eigenvalue weighted by Crippen LogP contribution is -2.64. The number of fused-ring (bicyclic) bond motifs is 3. The molecular weight excluding hydrogens is 748 g/mol. The van der Waals surface area contributed by atoms with Gasteiger partial charge in [-0.15, -0.1) is 0 Å². The fourth-order valence-electron chi connectivity index (χ4n) is 6.11. The Balaban J connectivity index is 1.24. The zero-order chi connectivity index (χ0) is 38.3. The number of alkyl carbamates (subject to hydrolysis) is 1. The topological polar surface area (TPSA) is 211 Å². The number of ether oxygens (including phenoxy) is 1. The number of H-pyrrole nitrogens is 1. The van der Waals surface area contributed by atoms with E-state index in [1.165, 1.54) is 12.1 Å². The smallest absolute Gasteiger partial charge is 0.445 e. The molecule has 7 N–H and O–H groups in total. The van der Waals surface area contributed by atoms with Crippen LogP contribution < -0.4 is 26.2 Å². The number of carbonyl (C=O) groups is 4. The molecular formula is C36H40Cl2N5O9P. The van der Waals surface area contributed by atoms with Gasteiger partial charge in [-0.2, -0.15) is 0 Å². The largest absolute Gasteiger partial charge is 0.588 e. The fourth-order valence-corrected chi connectivity index (χ4v) is 7.33. The number of nitrogens with one attached hydrogen (secondary N) is 4. The number of phosphoric ester groups is 1. The van der Waals surface area contributed by atoms with Crippen LogP contribution in [0.4, 0.5) is 9.59 Å². The molecule has 4 amide bonds. The number of benzene rings is 3. The molecule has 1 aliphatic carbocycles. The third-order valence-corrected chi connectivity index (χ3v) is 10.5. The Morgan fingerprint density at radius 3 is 2.43 bits per heavy atom. The van der Waals surface area contributed by atoms with Gasteiger partial charge in [0.1, 0.15) is 23.9 Å². The highest BCUT2D eigenvalue weighted by atomic mass is 35.5. The van der Waals surface area contributed by atoms with Gasteiger partial charge in [0.2, 0.25) is 11.8 Å². The highest BCUT2D eigenvalue weighted by molar-refractivity contribution is 7.48. The van der Waals surface area contributed by atoms with Crippen LogP contribution in [0.1, 0.15) is 49.1 Å². The van der Waals surface area contributed by atoms with Crippen LogP contribution in [0.15, 0.2) is 66.7 Å². The number of rotatable bonds is 14. The SMILES string of the molecule is CC[C@H](C)[C@H](NC(=O)[C@@]1(NC(=O)OP(=O)(O)Oc2ccc(CCNC(=O)OCc3ccccc3)cc2)CCc2[nH]c3c(Cl)cc(Cl)cc3c2C1)C(N)=O. The minimum Gasteiger partial charge on any atom is -0.445 e. The van der Waals surface area contributed by atoms with Crippen molar-refractivity contribution in [2.24, 2.45) is 11.7 Å². The van der Waals surface area contributed by atoms with Crippen molar-refractivity contribution in [3.63, 3.8) is 0 Å². The Bertz CT molecular complexity index is 2030. The van der Waals surface area contributed by atoms with Gasteiger partial charge in [0.15, 0.2) is 0 Å². The maximum Gasteiger partial charge on any atom is 0.588 e. The second-order valence-corrected chi connectivity index (χ2v) is 15.0. The quantitative estimate of drug-likeness (QED) is 0.0815. The van der Waals surface area contributed by atoms with Crippen LogP contribution in [0.25, 0.3) is 10.9 Å². The Labute approximate surface area is 315 Å². The third kappa shape index (κ3) is 10.0. The Morgan fingerprint density at radius 1 is 1.04 bits per heavy atom. The summed E-state index contributed by atoms with van der Waals surface area (Å²) in [5.41, 5.74) is 7.48. The maximum absolute atomic E-state index is 14.0. The molecule has 1 unspecified atom stereocenters. The normalized spacial score (nSPS) is 17.4. The van der Waals surface area contributed by atoms with E-state index in [1.807, 2.05) is 37.3 Å². The summed E-state index contributed by atoms with van der Waals surface area (Å²) in [7, 11) is -5.08. The van der Waals surface area contributed by atoms with Crippen LogP contribution in [0, 0.1) is 5.92 Å². The minimum atomic E-state index is -5.08. The van der Waals surface area contributed by atoms with Crippen LogP contribution >= 0.6 is 31.0 Å². The van der Waals surface area contributed by atoms with Crippen molar-refractivity contribution in [3.8, 4) is 5.75 Å². The zero-order valence-electron chi connectivity index (χ0n) is 28.9. The summed E-state index contributed by atoms with van der Waals surface area (Å²) in [6.45, 7) is 3.99. The molecule has 0 saturated carbocycles. The highest BCUT2D eigenvalue weighted by Crippen LogP contribution is 2.45. The van der Waals surface area contributed by atoms with E-state index in [0.717, 1.165) is 16.8 Å². The van der Waals surface area contributed by atoms with Crippen molar-refractivity contribution >= 4 is 65.9 Å². The predicted molar refractivity (Wildman–Crippen MR) is 199 cm³/mol. The molecule has 3 aromatic carbocycles. The van der Waals surface area contributed by atoms with Crippen molar-refractivity contribution < 1.29 is 42.4 Å². The number of nitrogens with two attached hydrogens (primary N) is 1. The summed E-state index contributed by atoms with van der Waals surface area (Å²) in [4.78, 5) is 65.5. The van der Waals surface area contributed by atoms with E-state index in [0.29, 0.717) is 39.4 Å². The van der Waals surface area contributed by atoms with Crippen LogP contribution in [-0.2, 0) is 49.3 Å². The molecule has 0 spiro atoms. The summed E-state index contributed by atoms with van der Waals surface area (Å²) in [5, 5.41) is 9.16. The Kier molecular flexibility index (Phi) is 12.6. The van der Waals surface area contributed by atoms with E-state index in [4.69, 9.17) is 42.7 Å². The number of phosphoric acid groups is 1. The van der Waals surface area contributed by atoms with Gasteiger partial charge >= 0.3 is 20.0 Å². The maximum atomic E-state index is 14.0. The van der Waals surface area contributed by atoms with Crippen molar-refractivity contribution in [2.75, 3.05) is 6.54 Å². The number of carbonyl (C=O) groups excluding carboxylic acids is 4. The average molecular weight is 789 g/mol. The molecule has 53 heavy (non-hydrogen) atoms. The standard InChI is InChI=1S/C36H40Cl2N5O9P/c1-3-21(2)30(32(39)44)42-33(45)36(15-13-29-27(19-36)26-17-24(37)18-28(38)31(26)41-29)43-35(47)52-53(48,49)51-25-11-9-22(10-12-25)14-16-40-34(46)50-20-23-7-5-4-6-8-23/h4-12,17-18,21,30,41H,3,13-16,19-20H2,1-2H3,(H2,39,44)(H,40,46)(H,42,45)(H,43,47)(H,48,49)/t21-,30-,36+/m0/s1. The molecule has 14 nitrogen and oxygen atoms in total. The molecule has 0 bridgehead atoms. The first-order chi connectivity index (χ1) is 25.2. The van der Waals surface area contributed by atoms with E-state index in [1.54, 1.807) is 31.2 Å². The van der Waals surface area contributed by atoms with Crippen molar-refractivity contribution in [1.82, 2.24) is 20.9 Å². The number of primary amides is 1. The van der Waals surface area contributed by atoms with Gasteiger partial charge in [0.25, 0.3) is 0 Å². The second-order valence-electron chi connectivity index (χ2n) is 12.8. The van der Waals surface area contributed by atoms with Crippen LogP contribution in [0.3, 0.4) is 0 Å². The van der Waals surface area contributed by atoms with Crippen molar-refractivity contribution in [1.29, 1.82) is 0 Å². The highest BCUT2D eigenvalue weighted by Gasteiger charge is 2.47. The fraction of sp³-hybridized carbons (Fsp3) is 0.333. The van der Waals surface area contributed by atoms with E-state index >= 15 is 0 Å². The molecule has 0 saturated heterocycles. The molecule has 1 aromatic heterocycles. The summed E-state index contributed by atoms with van der Waals surface area (Å²) in [5.74, 6) is -1.91. The van der Waals surface area contributed by atoms with Crippen LogP contribution in [0.2, 0.25) is 10.0 Å². The van der Waals surface area contributed by atoms with E-state index in [9.17, 15) is 28.6 Å². The number of aromatic amines is 1. The van der Waals surface area contributed by atoms with E-state index in [-0.39, 0.29) is 44.1 Å². The van der Waals surface area contributed by atoms with Gasteiger partial charge in [-0.05, 0) is 66.1 Å². The molecule has 17 heteroatoms. The summed E-state index contributed by atoms with van der Waals surface area (Å²) in [6.07, 6.45) is -0.882. The third-order valence-electron chi connectivity index (χ3n) is 9.12. The number of halogens is 2. The second kappa shape index (κ2) is 16.9. The lowest BCUT2D eigenvalue weighted by Gasteiger charge is -2.37. The lowest BCUT2D eigenvalue weighted by molar-refractivity contribution is -0.133. The number of amides is 4. The molecule has 4 aromatic rings. The number of aryl methyl sites for hydroxylation is 1. The molecule has 4 atom stereocenters. The number of hydrogen-bond acceptors (Lipinski definition) is 8. The number of aromatic nitrogens is 1. The van der Waals surface area contributed by atoms with Gasteiger partial charge in [-0.25, -0.2) is 14.2 Å². The first-order valence-electron chi connectivity index (χ1n) is 16.8. The van der Waals surface area contributed by atoms with Crippen LogP contribution in [-0.4, -0.2) is 52.0 Å². The summed E-state index contributed by atoms with van der Waals surface area (Å²) >= 11 is 12.7. The zero-order valence-corrected chi connectivity index (χ0v) is 31.4. The summed E-state index contributed by atoms with van der Waals surface area (Å²) in [6, 6.07) is 17.5. The van der Waals surface area contributed by atoms with Crippen molar-refractivity contribution in [3.05, 3.63) is 99.2 Å². The summed E-state index contributed by atoms with van der Waals surface area (Å²) < 4.78 is 28.2. The monoisotopic (exact) mass is 787 g/mol. The Morgan fingerprint density at radius 2 is 1.75 bits per heavy atom. The molecule has 5 rings (SSSR count). The molecule has 282 valence electrons. The van der Waals surface area contributed by atoms with Gasteiger partial charge in [0.05, 0.1) is 10.5 Å². The Hall–Kier alpha value is -4.75. The predicted octanol–water partition coefficient (Wildman–Crippen LogP) is 6.09. The van der Waals surface area contributed by atoms with E-state index < -0.39 is 43.4 Å². The van der Waals surface area contributed by atoms with Crippen molar-refractivity contribution in [2.45, 2.75) is 64.1 Å².